The van der Waals surface area contributed by atoms with Crippen molar-refractivity contribution in [2.45, 2.75) is 64.3 Å². The van der Waals surface area contributed by atoms with Crippen molar-refractivity contribution >= 4 is 11.8 Å². The predicted octanol–water partition coefficient (Wildman–Crippen LogP) is 4.75. The average molecular weight is 325 g/mol. The maximum atomic E-state index is 12.3. The molecule has 1 aliphatic heterocycles. The largest absolute Gasteiger partial charge is 0.269 e. The molecule has 0 saturated carbocycles. The third-order valence-corrected chi connectivity index (χ3v) is 5.52. The molecule has 1 heterocycles. The first-order chi connectivity index (χ1) is 11.7. The number of imide groups is 1. The molecular formula is C21H27NO2. The van der Waals surface area contributed by atoms with Gasteiger partial charge in [-0.25, -0.2) is 0 Å². The van der Waals surface area contributed by atoms with Gasteiger partial charge in [0.2, 0.25) is 0 Å². The fraction of sp³-hybridized carbons (Fsp3) is 0.524. The lowest BCUT2D eigenvalue weighted by Crippen LogP contribution is -2.37. The summed E-state index contributed by atoms with van der Waals surface area (Å²) in [7, 11) is 0. The zero-order valence-corrected chi connectivity index (χ0v) is 14.7. The molecule has 0 unspecified atom stereocenters. The van der Waals surface area contributed by atoms with E-state index in [1.54, 1.807) is 0 Å². The highest BCUT2D eigenvalue weighted by Crippen LogP contribution is 2.52. The van der Waals surface area contributed by atoms with Crippen LogP contribution in [-0.4, -0.2) is 16.7 Å². The highest BCUT2D eigenvalue weighted by molar-refractivity contribution is 6.13. The van der Waals surface area contributed by atoms with Crippen LogP contribution in [0.4, 0.5) is 0 Å². The van der Waals surface area contributed by atoms with Crippen molar-refractivity contribution in [1.29, 1.82) is 0 Å². The number of carbonyl (C=O) groups excluding carboxylic acids is 2. The number of rotatable bonds is 7. The van der Waals surface area contributed by atoms with Crippen molar-refractivity contribution < 1.29 is 9.59 Å². The van der Waals surface area contributed by atoms with E-state index in [4.69, 9.17) is 0 Å². The van der Waals surface area contributed by atoms with Crippen LogP contribution in [0.2, 0.25) is 0 Å². The second kappa shape index (κ2) is 7.33. The Bertz CT molecular complexity index is 631. The summed E-state index contributed by atoms with van der Waals surface area (Å²) in [5.74, 6) is 0.496. The van der Waals surface area contributed by atoms with Gasteiger partial charge in [-0.1, -0.05) is 63.8 Å². The molecule has 128 valence electrons. The van der Waals surface area contributed by atoms with Crippen LogP contribution in [-0.2, 0) is 9.59 Å². The molecule has 0 fully saturated rings. The maximum Gasteiger partial charge on any atom is 0.254 e. The number of nitrogens with zero attached hydrogens (tertiary/aromatic N) is 1. The molecule has 0 bridgehead atoms. The monoisotopic (exact) mass is 325 g/mol. The lowest BCUT2D eigenvalue weighted by atomic mass is 9.83. The van der Waals surface area contributed by atoms with Crippen LogP contribution in [0.25, 0.3) is 0 Å². The minimum absolute atomic E-state index is 0.0930. The van der Waals surface area contributed by atoms with E-state index in [9.17, 15) is 9.59 Å². The minimum Gasteiger partial charge on any atom is -0.269 e. The van der Waals surface area contributed by atoms with Gasteiger partial charge in [0.25, 0.3) is 11.8 Å². The highest BCUT2D eigenvalue weighted by Gasteiger charge is 2.46. The van der Waals surface area contributed by atoms with Crippen LogP contribution >= 0.6 is 0 Å². The quantitative estimate of drug-likeness (QED) is 0.679. The highest BCUT2D eigenvalue weighted by atomic mass is 16.2. The summed E-state index contributed by atoms with van der Waals surface area (Å²) in [4.78, 5) is 26.2. The molecule has 0 spiro atoms. The number of fused-ring (bicyclic) bond motifs is 1. The van der Waals surface area contributed by atoms with Gasteiger partial charge in [0.15, 0.2) is 0 Å². The first kappa shape index (κ1) is 16.9. The Hall–Kier alpha value is -1.90. The van der Waals surface area contributed by atoms with Crippen molar-refractivity contribution in [3.63, 3.8) is 0 Å². The summed E-state index contributed by atoms with van der Waals surface area (Å²) in [5, 5.41) is 0. The third kappa shape index (κ3) is 2.92. The van der Waals surface area contributed by atoms with Crippen LogP contribution in [0.1, 0.15) is 75.5 Å². The molecule has 3 rings (SSSR count). The van der Waals surface area contributed by atoms with Gasteiger partial charge in [0.05, 0.1) is 6.04 Å². The van der Waals surface area contributed by atoms with Gasteiger partial charge >= 0.3 is 0 Å². The number of carbonyl (C=O) groups is 2. The van der Waals surface area contributed by atoms with Crippen molar-refractivity contribution in [3.8, 4) is 0 Å². The lowest BCUT2D eigenvalue weighted by Gasteiger charge is -2.31. The first-order valence-electron chi connectivity index (χ1n) is 9.33. The van der Waals surface area contributed by atoms with Crippen molar-refractivity contribution in [2.75, 3.05) is 0 Å². The molecular weight excluding hydrogens is 298 g/mol. The van der Waals surface area contributed by atoms with Crippen LogP contribution in [0.5, 0.6) is 0 Å². The number of hydrogen-bond donors (Lipinski definition) is 0. The van der Waals surface area contributed by atoms with Crippen LogP contribution in [0.15, 0.2) is 36.4 Å². The van der Waals surface area contributed by atoms with E-state index in [2.05, 4.69) is 32.0 Å². The molecule has 3 nitrogen and oxygen atoms in total. The van der Waals surface area contributed by atoms with Crippen molar-refractivity contribution in [2.24, 2.45) is 5.92 Å². The Morgan fingerprint density at radius 2 is 1.46 bits per heavy atom. The van der Waals surface area contributed by atoms with Gasteiger partial charge in [-0.3, -0.25) is 14.5 Å². The molecule has 24 heavy (non-hydrogen) atoms. The first-order valence-corrected chi connectivity index (χ1v) is 9.33. The van der Waals surface area contributed by atoms with Gasteiger partial charge in [0.1, 0.15) is 0 Å². The summed E-state index contributed by atoms with van der Waals surface area (Å²) in [5.41, 5.74) is 2.54. The summed E-state index contributed by atoms with van der Waals surface area (Å²) in [6.45, 7) is 4.42. The van der Waals surface area contributed by atoms with Crippen LogP contribution in [0, 0.1) is 5.92 Å². The predicted molar refractivity (Wildman–Crippen MR) is 95.5 cm³/mol. The van der Waals surface area contributed by atoms with E-state index in [0.29, 0.717) is 11.8 Å². The summed E-state index contributed by atoms with van der Waals surface area (Å²) in [6.07, 6.45) is 9.69. The number of unbranched alkanes of at least 4 members (excludes halogenated alkanes) is 2. The maximum absolute atomic E-state index is 12.3. The average Bonchev–Trinajstić information content (AvgIpc) is 3.07. The number of benzene rings is 1. The summed E-state index contributed by atoms with van der Waals surface area (Å²) < 4.78 is 0. The Morgan fingerprint density at radius 1 is 0.875 bits per heavy atom. The smallest absolute Gasteiger partial charge is 0.254 e. The number of amides is 2. The molecule has 1 aliphatic carbocycles. The fourth-order valence-corrected chi connectivity index (χ4v) is 4.41. The molecule has 2 aliphatic rings. The van der Waals surface area contributed by atoms with E-state index in [0.717, 1.165) is 25.7 Å². The number of hydrogen-bond acceptors (Lipinski definition) is 2. The second-order valence-electron chi connectivity index (χ2n) is 7.01. The van der Waals surface area contributed by atoms with Crippen LogP contribution < -0.4 is 0 Å². The lowest BCUT2D eigenvalue weighted by molar-refractivity contribution is -0.141. The molecule has 1 aromatic carbocycles. The van der Waals surface area contributed by atoms with Gasteiger partial charge in [-0.15, -0.1) is 0 Å². The van der Waals surface area contributed by atoms with E-state index in [-0.39, 0.29) is 17.9 Å². The molecule has 0 N–H and O–H groups in total. The summed E-state index contributed by atoms with van der Waals surface area (Å²) >= 11 is 0. The zero-order chi connectivity index (χ0) is 17.1. The van der Waals surface area contributed by atoms with E-state index >= 15 is 0 Å². The normalized spacial score (nSPS) is 25.6. The Balaban J connectivity index is 2.00. The van der Waals surface area contributed by atoms with Crippen LogP contribution in [0.3, 0.4) is 0 Å². The molecule has 0 radical (unpaired) electrons. The van der Waals surface area contributed by atoms with E-state index in [1.165, 1.54) is 41.0 Å². The Labute approximate surface area is 144 Å². The fourth-order valence-electron chi connectivity index (χ4n) is 4.41. The van der Waals surface area contributed by atoms with Gasteiger partial charge in [-0.2, -0.15) is 0 Å². The molecule has 0 aromatic heterocycles. The molecule has 3 atom stereocenters. The van der Waals surface area contributed by atoms with Gasteiger partial charge in [-0.05, 0) is 35.8 Å². The SMILES string of the molecule is CCCC[C@H]1[C@H](CCCC)c2ccccc2[C@H]1N1C(=O)C=CC1=O. The van der Waals surface area contributed by atoms with E-state index < -0.39 is 0 Å². The minimum atomic E-state index is -0.155. The topological polar surface area (TPSA) is 37.4 Å². The molecule has 1 aromatic rings. The molecule has 2 amide bonds. The Morgan fingerprint density at radius 3 is 2.08 bits per heavy atom. The van der Waals surface area contributed by atoms with Crippen molar-refractivity contribution in [3.05, 3.63) is 47.5 Å². The Kier molecular flexibility index (Phi) is 5.17. The standard InChI is InChI=1S/C21H27NO2/c1-3-5-9-15-16-11-7-8-12-18(16)21(17(15)10-6-4-2)22-19(23)13-14-20(22)24/h7-8,11-15,17,21H,3-6,9-10H2,1-2H3/t15-,17+,21+/m1/s1. The molecule has 0 saturated heterocycles. The van der Waals surface area contributed by atoms with Gasteiger partial charge in [0, 0.05) is 12.2 Å². The zero-order valence-electron chi connectivity index (χ0n) is 14.7. The summed E-state index contributed by atoms with van der Waals surface area (Å²) in [6, 6.07) is 8.34. The second-order valence-corrected chi connectivity index (χ2v) is 7.01. The molecule has 3 heteroatoms. The van der Waals surface area contributed by atoms with Crippen molar-refractivity contribution in [1.82, 2.24) is 4.90 Å². The van der Waals surface area contributed by atoms with E-state index in [1.807, 2.05) is 6.07 Å². The third-order valence-electron chi connectivity index (χ3n) is 5.52. The van der Waals surface area contributed by atoms with Gasteiger partial charge < -0.3 is 0 Å².